The number of thiophene rings is 1. The number of non-ortho nitro benzene ring substituents is 1. The van der Waals surface area contributed by atoms with Gasteiger partial charge in [0.2, 0.25) is 0 Å². The second-order valence-corrected chi connectivity index (χ2v) is 8.20. The molecule has 0 aliphatic heterocycles. The third kappa shape index (κ3) is 5.36. The van der Waals surface area contributed by atoms with Crippen molar-refractivity contribution >= 4 is 39.2 Å². The van der Waals surface area contributed by atoms with E-state index in [4.69, 9.17) is 9.47 Å². The fourth-order valence-electron chi connectivity index (χ4n) is 3.15. The smallest absolute Gasteiger partial charge is 0.281 e. The summed E-state index contributed by atoms with van der Waals surface area (Å²) in [6.07, 6.45) is 1.45. The number of hydrazone groups is 1. The topological polar surface area (TPSA) is 103 Å². The lowest BCUT2D eigenvalue weighted by molar-refractivity contribution is -0.384. The van der Waals surface area contributed by atoms with Gasteiger partial charge in [0.05, 0.1) is 23.1 Å². The van der Waals surface area contributed by atoms with Gasteiger partial charge in [-0.2, -0.15) is 5.10 Å². The zero-order chi connectivity index (χ0) is 24.1. The Morgan fingerprint density at radius 3 is 2.76 bits per heavy atom. The Hall–Kier alpha value is -4.31. The molecule has 8 nitrogen and oxygen atoms in total. The maximum absolute atomic E-state index is 13.3. The van der Waals surface area contributed by atoms with Crippen LogP contribution in [0.4, 0.5) is 10.1 Å². The lowest BCUT2D eigenvalue weighted by Crippen LogP contribution is -2.16. The zero-order valence-corrected chi connectivity index (χ0v) is 18.7. The third-order valence-electron chi connectivity index (χ3n) is 4.79. The maximum atomic E-state index is 13.3. The fraction of sp³-hybridized carbons (Fsp3) is 0.0833. The number of nitrogens with one attached hydrogen (secondary N) is 1. The maximum Gasteiger partial charge on any atom is 0.281 e. The highest BCUT2D eigenvalue weighted by Crippen LogP contribution is 2.30. The number of carbonyl (C=O) groups excluding carboxylic acids is 1. The first-order valence-corrected chi connectivity index (χ1v) is 10.8. The van der Waals surface area contributed by atoms with E-state index in [1.54, 1.807) is 42.5 Å². The van der Waals surface area contributed by atoms with Crippen LogP contribution in [-0.4, -0.2) is 24.2 Å². The van der Waals surface area contributed by atoms with Gasteiger partial charge >= 0.3 is 0 Å². The summed E-state index contributed by atoms with van der Waals surface area (Å²) in [6, 6.07) is 17.3. The zero-order valence-electron chi connectivity index (χ0n) is 17.9. The van der Waals surface area contributed by atoms with E-state index < -0.39 is 10.8 Å². The van der Waals surface area contributed by atoms with E-state index in [1.165, 1.54) is 48.9 Å². The van der Waals surface area contributed by atoms with Crippen LogP contribution in [0.25, 0.3) is 10.1 Å². The summed E-state index contributed by atoms with van der Waals surface area (Å²) >= 11 is 1.22. The van der Waals surface area contributed by atoms with Gasteiger partial charge in [0.1, 0.15) is 12.4 Å². The molecule has 4 rings (SSSR count). The number of ether oxygens (including phenoxy) is 2. The van der Waals surface area contributed by atoms with E-state index in [9.17, 15) is 19.3 Å². The van der Waals surface area contributed by atoms with Gasteiger partial charge in [-0.05, 0) is 53.6 Å². The second-order valence-electron chi connectivity index (χ2n) is 7.12. The molecule has 0 atom stereocenters. The molecule has 0 aliphatic rings. The molecule has 0 unspecified atom stereocenters. The molecule has 1 heterocycles. The number of nitro groups is 1. The molecule has 10 heteroatoms. The molecule has 0 saturated heterocycles. The molecule has 0 saturated carbocycles. The van der Waals surface area contributed by atoms with Gasteiger partial charge in [-0.15, -0.1) is 11.3 Å². The molecular formula is C24H18FN3O5S. The molecule has 0 fully saturated rings. The van der Waals surface area contributed by atoms with Crippen LogP contribution in [0.2, 0.25) is 0 Å². The van der Waals surface area contributed by atoms with E-state index in [2.05, 4.69) is 10.5 Å². The van der Waals surface area contributed by atoms with Crippen molar-refractivity contribution in [1.29, 1.82) is 0 Å². The van der Waals surface area contributed by atoms with Gasteiger partial charge in [0.15, 0.2) is 11.5 Å². The van der Waals surface area contributed by atoms with Gasteiger partial charge in [0.25, 0.3) is 11.6 Å². The van der Waals surface area contributed by atoms with Gasteiger partial charge in [-0.1, -0.05) is 12.1 Å². The van der Waals surface area contributed by atoms with Crippen molar-refractivity contribution in [2.75, 3.05) is 7.11 Å². The largest absolute Gasteiger partial charge is 0.493 e. The molecule has 0 bridgehead atoms. The van der Waals surface area contributed by atoms with Gasteiger partial charge in [-0.3, -0.25) is 14.9 Å². The molecule has 1 amide bonds. The van der Waals surface area contributed by atoms with Gasteiger partial charge in [-0.25, -0.2) is 9.82 Å². The number of halogens is 1. The van der Waals surface area contributed by atoms with Crippen molar-refractivity contribution in [2.45, 2.75) is 6.61 Å². The standard InChI is InChI=1S/C24H18FN3O5S/c1-32-21-10-15(5-7-20(21)33-14-16-3-2-4-18(25)9-16)13-26-27-24(29)23-12-17-11-19(28(30)31)6-8-22(17)34-23/h2-13H,14H2,1H3,(H,27,29)/b26-13-. The SMILES string of the molecule is COc1cc(/C=N\NC(=O)c2cc3cc([N+](=O)[O-])ccc3s2)ccc1OCc1cccc(F)c1. The number of amides is 1. The molecule has 3 aromatic carbocycles. The molecule has 4 aromatic rings. The summed E-state index contributed by atoms with van der Waals surface area (Å²) in [6.45, 7) is 0.177. The molecule has 34 heavy (non-hydrogen) atoms. The lowest BCUT2D eigenvalue weighted by atomic mass is 10.2. The summed E-state index contributed by atoms with van der Waals surface area (Å²) in [4.78, 5) is 23.2. The number of rotatable bonds is 8. The average Bonchev–Trinajstić information content (AvgIpc) is 3.26. The Kier molecular flexibility index (Phi) is 6.79. The Balaban J connectivity index is 1.40. The Morgan fingerprint density at radius 1 is 1.15 bits per heavy atom. The van der Waals surface area contributed by atoms with Crippen LogP contribution in [-0.2, 0) is 6.61 Å². The minimum atomic E-state index is -0.479. The molecule has 0 radical (unpaired) electrons. The monoisotopic (exact) mass is 479 g/mol. The van der Waals surface area contributed by atoms with Crippen LogP contribution in [0, 0.1) is 15.9 Å². The predicted molar refractivity (Wildman–Crippen MR) is 127 cm³/mol. The third-order valence-corrected chi connectivity index (χ3v) is 5.90. The highest BCUT2D eigenvalue weighted by atomic mass is 32.1. The van der Waals surface area contributed by atoms with Gasteiger partial charge in [0, 0.05) is 22.2 Å². The number of hydrogen-bond acceptors (Lipinski definition) is 7. The van der Waals surface area contributed by atoms with Gasteiger partial charge < -0.3 is 9.47 Å². The van der Waals surface area contributed by atoms with Crippen molar-refractivity contribution in [3.8, 4) is 11.5 Å². The first kappa shape index (κ1) is 22.9. The highest BCUT2D eigenvalue weighted by Gasteiger charge is 2.13. The normalized spacial score (nSPS) is 11.0. The predicted octanol–water partition coefficient (Wildman–Crippen LogP) is 5.30. The Morgan fingerprint density at radius 2 is 2.00 bits per heavy atom. The van der Waals surface area contributed by atoms with E-state index >= 15 is 0 Å². The summed E-state index contributed by atoms with van der Waals surface area (Å²) in [5, 5.41) is 15.5. The van der Waals surface area contributed by atoms with Crippen LogP contribution < -0.4 is 14.9 Å². The number of benzene rings is 3. The number of methoxy groups -OCH3 is 1. The van der Waals surface area contributed by atoms with Crippen molar-refractivity contribution in [3.63, 3.8) is 0 Å². The number of carbonyl (C=O) groups is 1. The van der Waals surface area contributed by atoms with E-state index in [-0.39, 0.29) is 18.1 Å². The second kappa shape index (κ2) is 10.1. The van der Waals surface area contributed by atoms with E-state index in [0.717, 1.165) is 4.70 Å². The van der Waals surface area contributed by atoms with Crippen LogP contribution >= 0.6 is 11.3 Å². The molecule has 0 spiro atoms. The summed E-state index contributed by atoms with van der Waals surface area (Å²) in [5.74, 6) is 0.172. The van der Waals surface area contributed by atoms with Crippen LogP contribution in [0.5, 0.6) is 11.5 Å². The molecule has 1 aromatic heterocycles. The summed E-state index contributed by atoms with van der Waals surface area (Å²) < 4.78 is 25.2. The minimum Gasteiger partial charge on any atom is -0.493 e. The lowest BCUT2D eigenvalue weighted by Gasteiger charge is -2.11. The van der Waals surface area contributed by atoms with Crippen LogP contribution in [0.3, 0.4) is 0 Å². The Bertz CT molecular complexity index is 1400. The minimum absolute atomic E-state index is 0.0346. The van der Waals surface area contributed by atoms with Crippen molar-refractivity contribution in [3.05, 3.63) is 98.7 Å². The summed E-state index contributed by atoms with van der Waals surface area (Å²) in [7, 11) is 1.50. The number of fused-ring (bicyclic) bond motifs is 1. The molecule has 172 valence electrons. The number of hydrogen-bond donors (Lipinski definition) is 1. The molecular weight excluding hydrogens is 461 g/mol. The van der Waals surface area contributed by atoms with Crippen molar-refractivity contribution in [2.24, 2.45) is 5.10 Å². The first-order valence-electron chi connectivity index (χ1n) is 9.99. The molecule has 0 aliphatic carbocycles. The van der Waals surface area contributed by atoms with Crippen LogP contribution in [0.15, 0.2) is 71.8 Å². The number of nitrogens with zero attached hydrogens (tertiary/aromatic N) is 2. The van der Waals surface area contributed by atoms with Crippen molar-refractivity contribution in [1.82, 2.24) is 5.43 Å². The van der Waals surface area contributed by atoms with Crippen molar-refractivity contribution < 1.29 is 23.6 Å². The molecule has 1 N–H and O–H groups in total. The Labute approximate surface area is 197 Å². The van der Waals surface area contributed by atoms with E-state index in [1.807, 2.05) is 0 Å². The average molecular weight is 479 g/mol. The summed E-state index contributed by atoms with van der Waals surface area (Å²) in [5.41, 5.74) is 3.76. The van der Waals surface area contributed by atoms with Crippen LogP contribution in [0.1, 0.15) is 20.8 Å². The fourth-order valence-corrected chi connectivity index (χ4v) is 4.08. The first-order chi connectivity index (χ1) is 16.4. The number of nitro benzene ring substituents is 1. The highest BCUT2D eigenvalue weighted by molar-refractivity contribution is 7.20. The quantitative estimate of drug-likeness (QED) is 0.210. The van der Waals surface area contributed by atoms with E-state index in [0.29, 0.717) is 32.9 Å².